The number of ether oxygens (including phenoxy) is 1. The Morgan fingerprint density at radius 1 is 0.923 bits per heavy atom. The Kier molecular flexibility index (Phi) is 4.19. The van der Waals surface area contributed by atoms with Crippen molar-refractivity contribution < 1.29 is 9.13 Å². The summed E-state index contributed by atoms with van der Waals surface area (Å²) in [5.41, 5.74) is 2.60. The second-order valence-electron chi connectivity index (χ2n) is 5.71. The lowest BCUT2D eigenvalue weighted by Crippen LogP contribution is -1.92. The summed E-state index contributed by atoms with van der Waals surface area (Å²) in [7, 11) is 0. The lowest BCUT2D eigenvalue weighted by atomic mass is 10.2. The summed E-state index contributed by atoms with van der Waals surface area (Å²) in [5, 5.41) is 0.991. The van der Waals surface area contributed by atoms with Crippen molar-refractivity contribution in [3.8, 4) is 17.2 Å². The summed E-state index contributed by atoms with van der Waals surface area (Å²) in [6, 6.07) is 19.2. The van der Waals surface area contributed by atoms with E-state index in [1.165, 1.54) is 12.1 Å². The molecular weight excluding hydrogens is 395 g/mol. The predicted octanol–water partition coefficient (Wildman–Crippen LogP) is 6.88. The van der Waals surface area contributed by atoms with Crippen molar-refractivity contribution >= 4 is 32.5 Å². The molecule has 4 aromatic rings. The molecule has 26 heavy (non-hydrogen) atoms. The minimum absolute atomic E-state index is 0.292. The van der Waals surface area contributed by atoms with Crippen LogP contribution in [0.3, 0.4) is 0 Å². The topological polar surface area (TPSA) is 18.5 Å². The highest BCUT2D eigenvalue weighted by Gasteiger charge is 2.09. The van der Waals surface area contributed by atoms with Crippen LogP contribution in [0.1, 0.15) is 0 Å². The number of rotatable bonds is 3. The molecule has 0 aliphatic carbocycles. The van der Waals surface area contributed by atoms with E-state index in [1.54, 1.807) is 12.1 Å². The Morgan fingerprint density at radius 3 is 2.23 bits per heavy atom. The van der Waals surface area contributed by atoms with Crippen molar-refractivity contribution in [2.24, 2.45) is 0 Å². The van der Waals surface area contributed by atoms with E-state index in [9.17, 15) is 4.39 Å². The summed E-state index contributed by atoms with van der Waals surface area (Å²) in [6.45, 7) is 7.16. The molecule has 0 unspecified atom stereocenters. The molecule has 0 radical (unpaired) electrons. The van der Waals surface area contributed by atoms with Crippen LogP contribution >= 0.6 is 15.9 Å². The van der Waals surface area contributed by atoms with Crippen molar-refractivity contribution in [2.45, 2.75) is 0 Å². The molecule has 1 aromatic heterocycles. The van der Waals surface area contributed by atoms with E-state index >= 15 is 0 Å². The fourth-order valence-corrected chi connectivity index (χ4v) is 3.30. The molecule has 3 nitrogen and oxygen atoms in total. The molecule has 0 aliphatic rings. The van der Waals surface area contributed by atoms with Gasteiger partial charge in [-0.1, -0.05) is 6.07 Å². The molecule has 0 amide bonds. The number of nitrogens with zero attached hydrogens (tertiary/aromatic N) is 2. The lowest BCUT2D eigenvalue weighted by molar-refractivity contribution is 0.480. The molecule has 126 valence electrons. The van der Waals surface area contributed by atoms with E-state index in [1.807, 2.05) is 48.7 Å². The first kappa shape index (κ1) is 16.4. The number of aromatic nitrogens is 1. The van der Waals surface area contributed by atoms with Crippen LogP contribution in [-0.4, -0.2) is 4.57 Å². The standard InChI is InChI=1S/C21H12BrFN2O/c1-24-15-4-11-21-19(12-15)20(22)13-25(21)16-5-9-18(10-6-16)26-17-7-2-14(23)3-8-17/h2-13H. The summed E-state index contributed by atoms with van der Waals surface area (Å²) >= 11 is 3.56. The third-order valence-electron chi connectivity index (χ3n) is 4.03. The highest BCUT2D eigenvalue weighted by Crippen LogP contribution is 2.32. The van der Waals surface area contributed by atoms with Crippen molar-refractivity contribution in [3.05, 3.63) is 94.6 Å². The molecule has 0 aliphatic heterocycles. The van der Waals surface area contributed by atoms with Gasteiger partial charge >= 0.3 is 0 Å². The molecule has 0 fully saturated rings. The van der Waals surface area contributed by atoms with Gasteiger partial charge < -0.3 is 9.30 Å². The molecule has 0 spiro atoms. The molecule has 0 saturated heterocycles. The zero-order chi connectivity index (χ0) is 18.1. The zero-order valence-electron chi connectivity index (χ0n) is 13.5. The molecule has 0 bridgehead atoms. The number of hydrogen-bond donors (Lipinski definition) is 0. The number of hydrogen-bond acceptors (Lipinski definition) is 1. The van der Waals surface area contributed by atoms with Crippen molar-refractivity contribution in [1.82, 2.24) is 4.57 Å². The second kappa shape index (κ2) is 6.66. The molecule has 0 saturated carbocycles. The van der Waals surface area contributed by atoms with E-state index in [0.717, 1.165) is 21.1 Å². The third kappa shape index (κ3) is 3.07. The van der Waals surface area contributed by atoms with E-state index in [4.69, 9.17) is 11.3 Å². The normalized spacial score (nSPS) is 10.7. The molecule has 0 N–H and O–H groups in total. The maximum absolute atomic E-state index is 13.0. The van der Waals surface area contributed by atoms with Gasteiger partial charge in [0.2, 0.25) is 0 Å². The predicted molar refractivity (Wildman–Crippen MR) is 104 cm³/mol. The van der Waals surface area contributed by atoms with Crippen LogP contribution in [0.4, 0.5) is 10.1 Å². The van der Waals surface area contributed by atoms with E-state index in [0.29, 0.717) is 17.2 Å². The highest BCUT2D eigenvalue weighted by molar-refractivity contribution is 9.10. The van der Waals surface area contributed by atoms with Gasteiger partial charge in [0.05, 0.1) is 12.1 Å². The van der Waals surface area contributed by atoms with Gasteiger partial charge in [0.1, 0.15) is 17.3 Å². The second-order valence-corrected chi connectivity index (χ2v) is 6.56. The van der Waals surface area contributed by atoms with Crippen LogP contribution in [0.15, 0.2) is 77.4 Å². The first-order chi connectivity index (χ1) is 12.6. The largest absolute Gasteiger partial charge is 0.457 e. The number of fused-ring (bicyclic) bond motifs is 1. The van der Waals surface area contributed by atoms with Gasteiger partial charge in [-0.2, -0.15) is 0 Å². The van der Waals surface area contributed by atoms with Crippen LogP contribution in [0, 0.1) is 12.4 Å². The van der Waals surface area contributed by atoms with E-state index < -0.39 is 0 Å². The van der Waals surface area contributed by atoms with Crippen LogP contribution in [0.2, 0.25) is 0 Å². The highest BCUT2D eigenvalue weighted by atomic mass is 79.9. The van der Waals surface area contributed by atoms with Crippen LogP contribution in [0.5, 0.6) is 11.5 Å². The number of benzene rings is 3. The van der Waals surface area contributed by atoms with E-state index in [2.05, 4.69) is 25.3 Å². The van der Waals surface area contributed by atoms with Crippen molar-refractivity contribution in [2.75, 3.05) is 0 Å². The minimum atomic E-state index is -0.292. The molecule has 1 heterocycles. The fourth-order valence-electron chi connectivity index (χ4n) is 2.77. The summed E-state index contributed by atoms with van der Waals surface area (Å²) in [5.74, 6) is 0.963. The van der Waals surface area contributed by atoms with Crippen LogP contribution in [-0.2, 0) is 0 Å². The fraction of sp³-hybridized carbons (Fsp3) is 0. The number of halogens is 2. The van der Waals surface area contributed by atoms with Gasteiger partial charge in [0.15, 0.2) is 5.69 Å². The van der Waals surface area contributed by atoms with Gasteiger partial charge in [-0.15, -0.1) is 0 Å². The quantitative estimate of drug-likeness (QED) is 0.339. The Bertz CT molecular complexity index is 1130. The molecule has 4 rings (SSSR count). The average molecular weight is 407 g/mol. The van der Waals surface area contributed by atoms with Crippen LogP contribution < -0.4 is 4.74 Å². The third-order valence-corrected chi connectivity index (χ3v) is 4.66. The summed E-state index contributed by atoms with van der Waals surface area (Å²) in [4.78, 5) is 3.48. The maximum Gasteiger partial charge on any atom is 0.188 e. The van der Waals surface area contributed by atoms with Gasteiger partial charge in [-0.05, 0) is 76.6 Å². The minimum Gasteiger partial charge on any atom is -0.457 e. The maximum atomic E-state index is 13.0. The molecular formula is C21H12BrFN2O. The lowest BCUT2D eigenvalue weighted by Gasteiger charge is -2.09. The van der Waals surface area contributed by atoms with Gasteiger partial charge in [0, 0.05) is 21.7 Å². The van der Waals surface area contributed by atoms with Crippen LogP contribution in [0.25, 0.3) is 21.4 Å². The van der Waals surface area contributed by atoms with E-state index in [-0.39, 0.29) is 5.82 Å². The molecule has 5 heteroatoms. The Labute approximate surface area is 158 Å². The van der Waals surface area contributed by atoms with Gasteiger partial charge in [0.25, 0.3) is 0 Å². The summed E-state index contributed by atoms with van der Waals surface area (Å²) in [6.07, 6.45) is 1.98. The Balaban J connectivity index is 1.66. The average Bonchev–Trinajstić information content (AvgIpc) is 3.00. The smallest absolute Gasteiger partial charge is 0.188 e. The molecule has 3 aromatic carbocycles. The zero-order valence-corrected chi connectivity index (χ0v) is 15.1. The first-order valence-electron chi connectivity index (χ1n) is 7.86. The Hall–Kier alpha value is -3.10. The van der Waals surface area contributed by atoms with Gasteiger partial charge in [-0.25, -0.2) is 9.24 Å². The summed E-state index contributed by atoms with van der Waals surface area (Å²) < 4.78 is 21.7. The SMILES string of the molecule is [C-]#[N+]c1ccc2c(c1)c(Br)cn2-c1ccc(Oc2ccc(F)cc2)cc1. The van der Waals surface area contributed by atoms with Crippen molar-refractivity contribution in [1.29, 1.82) is 0 Å². The first-order valence-corrected chi connectivity index (χ1v) is 8.65. The molecule has 0 atom stereocenters. The Morgan fingerprint density at radius 2 is 1.58 bits per heavy atom. The van der Waals surface area contributed by atoms with Crippen molar-refractivity contribution in [3.63, 3.8) is 0 Å². The van der Waals surface area contributed by atoms with Gasteiger partial charge in [-0.3, -0.25) is 0 Å². The monoisotopic (exact) mass is 406 g/mol.